The topological polar surface area (TPSA) is 135 Å². The summed E-state index contributed by atoms with van der Waals surface area (Å²) in [5.74, 6) is -1.54. The number of carbonyl (C=O) groups excluding carboxylic acids is 3. The lowest BCUT2D eigenvalue weighted by Gasteiger charge is -2.35. The number of methoxy groups -OCH3 is 1. The maximum absolute atomic E-state index is 13.8. The Bertz CT molecular complexity index is 959. The van der Waals surface area contributed by atoms with Crippen LogP contribution in [0.25, 0.3) is 0 Å². The highest BCUT2D eigenvalue weighted by Crippen LogP contribution is 2.16. The average Bonchev–Trinajstić information content (AvgIpc) is 2.75. The molecule has 1 aliphatic rings. The average molecular weight is 447 g/mol. The van der Waals surface area contributed by atoms with Crippen LogP contribution in [-0.2, 0) is 9.59 Å². The molecule has 0 aromatic heterocycles. The fourth-order valence-corrected chi connectivity index (χ4v) is 3.68. The lowest BCUT2D eigenvalue weighted by molar-refractivity contribution is -0.125. The van der Waals surface area contributed by atoms with Crippen molar-refractivity contribution >= 4 is 35.2 Å². The molecule has 3 unspecified atom stereocenters. The largest absolute Gasteiger partial charge is 0.497 e. The summed E-state index contributed by atoms with van der Waals surface area (Å²) in [6.45, 7) is 0. The van der Waals surface area contributed by atoms with Gasteiger partial charge in [0.2, 0.25) is 11.8 Å². The Morgan fingerprint density at radius 1 is 1.19 bits per heavy atom. The van der Waals surface area contributed by atoms with Gasteiger partial charge in [0.15, 0.2) is 0 Å². The van der Waals surface area contributed by atoms with E-state index >= 15 is 0 Å². The molecule has 0 saturated carbocycles. The summed E-state index contributed by atoms with van der Waals surface area (Å²) in [6.07, 6.45) is -0.924. The van der Waals surface area contributed by atoms with Gasteiger partial charge in [0.25, 0.3) is 5.91 Å². The summed E-state index contributed by atoms with van der Waals surface area (Å²) in [5.41, 5.74) is 5.77. The smallest absolute Gasteiger partial charge is 0.254 e. The molecular formula is C20H22FN5O4S. The van der Waals surface area contributed by atoms with E-state index < -0.39 is 35.3 Å². The monoisotopic (exact) mass is 447 g/mol. The van der Waals surface area contributed by atoms with Crippen molar-refractivity contribution in [2.75, 3.05) is 18.2 Å². The molecular weight excluding hydrogens is 425 g/mol. The number of hydrogen-bond donors (Lipinski definition) is 5. The molecule has 1 fully saturated rings. The Kier molecular flexibility index (Phi) is 7.45. The molecule has 3 rings (SSSR count). The molecule has 0 radical (unpaired) electrons. The van der Waals surface area contributed by atoms with Crippen LogP contribution in [0.15, 0.2) is 48.5 Å². The molecule has 0 spiro atoms. The first-order valence-electron chi connectivity index (χ1n) is 9.30. The van der Waals surface area contributed by atoms with Crippen LogP contribution >= 0.6 is 11.8 Å². The number of nitrogens with one attached hydrogen (secondary N) is 4. The van der Waals surface area contributed by atoms with E-state index in [4.69, 9.17) is 10.5 Å². The van der Waals surface area contributed by atoms with Crippen LogP contribution in [0.4, 0.5) is 10.1 Å². The predicted octanol–water partition coefficient (Wildman–Crippen LogP) is 0.592. The van der Waals surface area contributed by atoms with Crippen molar-refractivity contribution in [1.29, 1.82) is 0 Å². The molecule has 3 atom stereocenters. The minimum atomic E-state index is -1.10. The summed E-state index contributed by atoms with van der Waals surface area (Å²) in [5, 5.41) is 10.7. The standard InChI is InChI=1S/C20H22FN5O4S/c1-30-12-8-6-11(7-9-12)23-15(27)10-31-20-25-17(22)16(19(29)26-20)24-18(28)13-4-2-3-5-14(13)21/h2-9,16-17,20,25H,10,22H2,1H3,(H,23,27)(H,24,28)(H,26,29). The zero-order valence-corrected chi connectivity index (χ0v) is 17.4. The second-order valence-electron chi connectivity index (χ2n) is 6.60. The minimum Gasteiger partial charge on any atom is -0.497 e. The zero-order chi connectivity index (χ0) is 22.4. The third-order valence-corrected chi connectivity index (χ3v) is 5.43. The third-order valence-electron chi connectivity index (χ3n) is 4.42. The minimum absolute atomic E-state index is 0.0446. The molecule has 6 N–H and O–H groups in total. The molecule has 11 heteroatoms. The van der Waals surface area contributed by atoms with Crippen molar-refractivity contribution in [1.82, 2.24) is 16.0 Å². The number of anilines is 1. The lowest BCUT2D eigenvalue weighted by Crippen LogP contribution is -2.70. The number of ether oxygens (including phenoxy) is 1. The molecule has 31 heavy (non-hydrogen) atoms. The van der Waals surface area contributed by atoms with E-state index in [0.717, 1.165) is 17.8 Å². The highest BCUT2D eigenvalue weighted by molar-refractivity contribution is 8.00. The molecule has 0 bridgehead atoms. The first-order valence-corrected chi connectivity index (χ1v) is 10.3. The second kappa shape index (κ2) is 10.2. The molecule has 1 aliphatic heterocycles. The SMILES string of the molecule is COc1ccc(NC(=O)CSC2NC(=O)C(NC(=O)c3ccccc3F)C(N)N2)cc1. The summed E-state index contributed by atoms with van der Waals surface area (Å²) in [4.78, 5) is 36.8. The Morgan fingerprint density at radius 2 is 1.90 bits per heavy atom. The van der Waals surface area contributed by atoms with Gasteiger partial charge in [-0.2, -0.15) is 0 Å². The number of halogens is 1. The van der Waals surface area contributed by atoms with Crippen LogP contribution in [0, 0.1) is 5.82 Å². The van der Waals surface area contributed by atoms with E-state index in [1.807, 2.05) is 0 Å². The Balaban J connectivity index is 1.49. The molecule has 2 aromatic carbocycles. The van der Waals surface area contributed by atoms with Gasteiger partial charge < -0.3 is 26.4 Å². The van der Waals surface area contributed by atoms with Crippen molar-refractivity contribution in [3.05, 3.63) is 59.9 Å². The van der Waals surface area contributed by atoms with Crippen molar-refractivity contribution < 1.29 is 23.5 Å². The summed E-state index contributed by atoms with van der Waals surface area (Å²) < 4.78 is 18.8. The summed E-state index contributed by atoms with van der Waals surface area (Å²) in [7, 11) is 1.55. The van der Waals surface area contributed by atoms with Gasteiger partial charge in [-0.1, -0.05) is 12.1 Å². The van der Waals surface area contributed by atoms with Gasteiger partial charge in [-0.25, -0.2) is 4.39 Å². The van der Waals surface area contributed by atoms with Crippen LogP contribution in [-0.4, -0.2) is 48.3 Å². The Morgan fingerprint density at radius 3 is 2.55 bits per heavy atom. The zero-order valence-electron chi connectivity index (χ0n) is 16.6. The third kappa shape index (κ3) is 5.94. The summed E-state index contributed by atoms with van der Waals surface area (Å²) in [6, 6.07) is 11.2. The van der Waals surface area contributed by atoms with Crippen LogP contribution in [0.2, 0.25) is 0 Å². The molecule has 9 nitrogen and oxygen atoms in total. The quantitative estimate of drug-likeness (QED) is 0.419. The molecule has 1 heterocycles. The number of rotatable bonds is 7. The van der Waals surface area contributed by atoms with Gasteiger partial charge in [0.05, 0.1) is 24.6 Å². The number of amides is 3. The maximum Gasteiger partial charge on any atom is 0.254 e. The van der Waals surface area contributed by atoms with Crippen molar-refractivity contribution in [2.24, 2.45) is 5.73 Å². The van der Waals surface area contributed by atoms with E-state index in [1.165, 1.54) is 18.2 Å². The van der Waals surface area contributed by atoms with Crippen LogP contribution < -0.4 is 31.7 Å². The number of hydrogen-bond acceptors (Lipinski definition) is 7. The second-order valence-corrected chi connectivity index (χ2v) is 7.69. The van der Waals surface area contributed by atoms with Gasteiger partial charge in [0.1, 0.15) is 23.1 Å². The predicted molar refractivity (Wildman–Crippen MR) is 115 cm³/mol. The first-order chi connectivity index (χ1) is 14.9. The molecule has 1 saturated heterocycles. The number of benzene rings is 2. The summed E-state index contributed by atoms with van der Waals surface area (Å²) >= 11 is 1.13. The number of thioether (sulfide) groups is 1. The number of nitrogens with two attached hydrogens (primary N) is 1. The van der Waals surface area contributed by atoms with Crippen molar-refractivity contribution in [2.45, 2.75) is 17.7 Å². The van der Waals surface area contributed by atoms with E-state index in [2.05, 4.69) is 21.3 Å². The normalized spacial score (nSPS) is 20.5. The highest BCUT2D eigenvalue weighted by Gasteiger charge is 2.35. The molecule has 0 aliphatic carbocycles. The van der Waals surface area contributed by atoms with Crippen LogP contribution in [0.5, 0.6) is 5.75 Å². The van der Waals surface area contributed by atoms with E-state index in [0.29, 0.717) is 11.4 Å². The number of carbonyl (C=O) groups is 3. The Hall–Kier alpha value is -3.15. The van der Waals surface area contributed by atoms with Crippen LogP contribution in [0.3, 0.4) is 0 Å². The molecule has 164 valence electrons. The van der Waals surface area contributed by atoms with Gasteiger partial charge in [0, 0.05) is 5.69 Å². The molecule has 2 aromatic rings. The van der Waals surface area contributed by atoms with Gasteiger partial charge in [-0.3, -0.25) is 19.7 Å². The van der Waals surface area contributed by atoms with Crippen molar-refractivity contribution in [3.63, 3.8) is 0 Å². The van der Waals surface area contributed by atoms with E-state index in [-0.39, 0.29) is 17.2 Å². The van der Waals surface area contributed by atoms with Gasteiger partial charge in [-0.15, -0.1) is 11.8 Å². The van der Waals surface area contributed by atoms with E-state index in [9.17, 15) is 18.8 Å². The molecule has 3 amide bonds. The van der Waals surface area contributed by atoms with Crippen molar-refractivity contribution in [3.8, 4) is 5.75 Å². The Labute approximate surface area is 182 Å². The first kappa shape index (κ1) is 22.5. The fourth-order valence-electron chi connectivity index (χ4n) is 2.83. The lowest BCUT2D eigenvalue weighted by atomic mass is 10.1. The highest BCUT2D eigenvalue weighted by atomic mass is 32.2. The maximum atomic E-state index is 13.8. The van der Waals surface area contributed by atoms with E-state index in [1.54, 1.807) is 31.4 Å². The van der Waals surface area contributed by atoms with Gasteiger partial charge >= 0.3 is 0 Å². The van der Waals surface area contributed by atoms with Crippen LogP contribution in [0.1, 0.15) is 10.4 Å². The fraction of sp³-hybridized carbons (Fsp3) is 0.250. The van der Waals surface area contributed by atoms with Gasteiger partial charge in [-0.05, 0) is 36.4 Å².